The van der Waals surface area contributed by atoms with Crippen LogP contribution in [0.3, 0.4) is 0 Å². The highest BCUT2D eigenvalue weighted by molar-refractivity contribution is 5.87. The highest BCUT2D eigenvalue weighted by Gasteiger charge is 2.81. The predicted octanol–water partition coefficient (Wildman–Crippen LogP) is 5.12. The Morgan fingerprint density at radius 1 is 0.667 bits per heavy atom. The minimum absolute atomic E-state index is 0.0344. The molecule has 24 atom stereocenters. The van der Waals surface area contributed by atoms with Gasteiger partial charge in [0.2, 0.25) is 0 Å². The van der Waals surface area contributed by atoms with Crippen molar-refractivity contribution in [3.8, 4) is 0 Å². The highest BCUT2D eigenvalue weighted by atomic mass is 16.8. The molecule has 0 aromatic carbocycles. The number of aliphatic hydroxyl groups excluding tert-OH is 1. The van der Waals surface area contributed by atoms with E-state index in [2.05, 4.69) is 6.92 Å². The van der Waals surface area contributed by atoms with E-state index in [0.717, 1.165) is 11.1 Å². The number of fused-ring (bicyclic) bond motifs is 5. The van der Waals surface area contributed by atoms with Crippen LogP contribution in [0.1, 0.15) is 140 Å². The lowest BCUT2D eigenvalue weighted by Crippen LogP contribution is -2.78. The lowest BCUT2D eigenvalue weighted by molar-refractivity contribution is -0.347. The molecule has 0 aromatic rings. The molecule has 4 N–H and O–H groups in total. The van der Waals surface area contributed by atoms with Crippen molar-refractivity contribution < 1.29 is 91.6 Å². The topological polar surface area (TPSA) is 235 Å². The van der Waals surface area contributed by atoms with Crippen molar-refractivity contribution >= 4 is 11.8 Å². The molecule has 8 aliphatic rings. The first-order valence-corrected chi connectivity index (χ1v) is 27.6. The van der Waals surface area contributed by atoms with Crippen LogP contribution in [0, 0.1) is 22.7 Å². The van der Waals surface area contributed by atoms with Gasteiger partial charge in [-0.1, -0.05) is 38.0 Å². The number of ether oxygens (including phenoxy) is 13. The van der Waals surface area contributed by atoms with Gasteiger partial charge >= 0.3 is 5.97 Å². The zero-order chi connectivity index (χ0) is 54.7. The van der Waals surface area contributed by atoms with Gasteiger partial charge in [0, 0.05) is 66.1 Å². The van der Waals surface area contributed by atoms with Crippen molar-refractivity contribution in [2.45, 2.75) is 267 Å². The zero-order valence-electron chi connectivity index (χ0n) is 46.9. The van der Waals surface area contributed by atoms with Crippen LogP contribution in [-0.4, -0.2) is 188 Å². The molecular weight excluding hydrogens is 977 g/mol. The second kappa shape index (κ2) is 22.8. The van der Waals surface area contributed by atoms with Crippen LogP contribution in [0.2, 0.25) is 0 Å². The number of methoxy groups -OCH3 is 4. The van der Waals surface area contributed by atoms with Crippen molar-refractivity contribution in [1.82, 2.24) is 0 Å². The average molecular weight is 1070 g/mol. The second-order valence-corrected chi connectivity index (χ2v) is 23.9. The van der Waals surface area contributed by atoms with Gasteiger partial charge in [0.1, 0.15) is 47.3 Å². The van der Waals surface area contributed by atoms with E-state index in [1.165, 1.54) is 13.0 Å². The summed E-state index contributed by atoms with van der Waals surface area (Å²) in [5.41, 5.74) is -6.10. The van der Waals surface area contributed by atoms with Crippen LogP contribution in [0.15, 0.2) is 23.3 Å². The Morgan fingerprint density at radius 2 is 1.13 bits per heavy atom. The standard InChI is InChI=1S/C56H90O19/c1-28(2)29(3)21-43(58)72-42-27-41-52(9)17-16-36(22-35(52)15-18-55(41,61)56(62)20-19-54(60,34(8)57)53(42,56)10)71-44-24-38(64-12)49(31(5)68-44)74-46-26-40(66-14)51(33(7)70-46)75-47-25-39(65-13)50(32(6)69-47)73-45-23-37(63-11)48(59)30(4)67-45/h15,21,28,30-33,36-42,44-51,59-62H,16-20,22-27H2,1-14H3/b29-21+/t30-,31-,32-,33-,36+,37+,38+,39-,40+,41-,42-,44+,45+,46+,47+,48-,49-,50-,51-,52+,53-,54-,55+,56-/m1/s1. The number of hydrogen-bond acceptors (Lipinski definition) is 19. The summed E-state index contributed by atoms with van der Waals surface area (Å²) in [6.45, 7) is 18.4. The Bertz CT molecular complexity index is 2070. The number of carbonyl (C=O) groups excluding carboxylic acids is 2. The monoisotopic (exact) mass is 1070 g/mol. The summed E-state index contributed by atoms with van der Waals surface area (Å²) >= 11 is 0. The maximum Gasteiger partial charge on any atom is 0.330 e. The largest absolute Gasteiger partial charge is 0.458 e. The first kappa shape index (κ1) is 59.1. The minimum Gasteiger partial charge on any atom is -0.458 e. The van der Waals surface area contributed by atoms with Gasteiger partial charge < -0.3 is 82.0 Å². The van der Waals surface area contributed by atoms with Gasteiger partial charge in [-0.15, -0.1) is 0 Å². The molecule has 4 saturated heterocycles. The van der Waals surface area contributed by atoms with Crippen LogP contribution in [0.4, 0.5) is 0 Å². The number of Topliss-reactive ketones (excluding diaryl/α,β-unsaturated/α-hetero) is 1. The summed E-state index contributed by atoms with van der Waals surface area (Å²) in [7, 11) is 6.49. The molecule has 75 heavy (non-hydrogen) atoms. The fourth-order valence-corrected chi connectivity index (χ4v) is 14.6. The van der Waals surface area contributed by atoms with Crippen molar-refractivity contribution in [2.75, 3.05) is 28.4 Å². The smallest absolute Gasteiger partial charge is 0.330 e. The highest BCUT2D eigenvalue weighted by Crippen LogP contribution is 2.71. The van der Waals surface area contributed by atoms with E-state index in [-0.39, 0.29) is 43.8 Å². The van der Waals surface area contributed by atoms with Crippen LogP contribution in [0.5, 0.6) is 0 Å². The minimum atomic E-state index is -2.02. The third kappa shape index (κ3) is 10.6. The zero-order valence-corrected chi connectivity index (χ0v) is 46.9. The van der Waals surface area contributed by atoms with Crippen LogP contribution in [-0.2, 0) is 71.2 Å². The Kier molecular flexibility index (Phi) is 18.0. The molecule has 8 rings (SSSR count). The summed E-state index contributed by atoms with van der Waals surface area (Å²) in [5.74, 6) is -1.61. The van der Waals surface area contributed by atoms with Gasteiger partial charge in [-0.05, 0) is 105 Å². The molecule has 7 fully saturated rings. The number of aliphatic hydroxyl groups is 4. The molecule has 0 aromatic heterocycles. The van der Waals surface area contributed by atoms with Crippen LogP contribution in [0.25, 0.3) is 0 Å². The summed E-state index contributed by atoms with van der Waals surface area (Å²) in [5, 5.41) is 48.5. The van der Waals surface area contributed by atoms with Crippen molar-refractivity contribution in [3.05, 3.63) is 23.3 Å². The van der Waals surface area contributed by atoms with E-state index in [0.29, 0.717) is 44.9 Å². The lowest BCUT2D eigenvalue weighted by atomic mass is 9.42. The second-order valence-electron chi connectivity index (χ2n) is 23.9. The van der Waals surface area contributed by atoms with Crippen molar-refractivity contribution in [2.24, 2.45) is 22.7 Å². The number of ketones is 1. The molecule has 0 radical (unpaired) electrons. The molecule has 4 aliphatic carbocycles. The third-order valence-electron chi connectivity index (χ3n) is 19.6. The normalized spacial score (nSPS) is 49.3. The maximum absolute atomic E-state index is 13.6. The van der Waals surface area contributed by atoms with E-state index in [1.54, 1.807) is 42.3 Å². The Hall–Kier alpha value is -2.02. The molecule has 0 unspecified atom stereocenters. The molecular formula is C56H90O19. The van der Waals surface area contributed by atoms with E-state index in [9.17, 15) is 30.0 Å². The van der Waals surface area contributed by atoms with Crippen molar-refractivity contribution in [3.63, 3.8) is 0 Å². The molecule has 428 valence electrons. The lowest BCUT2D eigenvalue weighted by Gasteiger charge is -2.67. The molecule has 19 heteroatoms. The molecule has 19 nitrogen and oxygen atoms in total. The first-order valence-electron chi connectivity index (χ1n) is 27.6. The molecule has 0 amide bonds. The average Bonchev–Trinajstić information content (AvgIpc) is 3.59. The molecule has 4 heterocycles. The Labute approximate surface area is 443 Å². The number of esters is 1. The fraction of sp³-hybridized carbons (Fsp3) is 0.893. The first-order chi connectivity index (χ1) is 35.3. The Morgan fingerprint density at radius 3 is 1.60 bits per heavy atom. The summed E-state index contributed by atoms with van der Waals surface area (Å²) in [4.78, 5) is 26.9. The van der Waals surface area contributed by atoms with Gasteiger partial charge in [0.15, 0.2) is 30.9 Å². The molecule has 3 saturated carbocycles. The van der Waals surface area contributed by atoms with Gasteiger partial charge in [-0.2, -0.15) is 0 Å². The van der Waals surface area contributed by atoms with Crippen LogP contribution >= 0.6 is 0 Å². The Balaban J connectivity index is 0.877. The van der Waals surface area contributed by atoms with E-state index in [1.807, 2.05) is 47.6 Å². The van der Waals surface area contributed by atoms with Crippen LogP contribution < -0.4 is 0 Å². The van der Waals surface area contributed by atoms with Gasteiger partial charge in [0.25, 0.3) is 0 Å². The van der Waals surface area contributed by atoms with Gasteiger partial charge in [-0.25, -0.2) is 4.79 Å². The predicted molar refractivity (Wildman–Crippen MR) is 269 cm³/mol. The quantitative estimate of drug-likeness (QED) is 0.0892. The summed E-state index contributed by atoms with van der Waals surface area (Å²) < 4.78 is 81.6. The van der Waals surface area contributed by atoms with Gasteiger partial charge in [-0.3, -0.25) is 4.79 Å². The van der Waals surface area contributed by atoms with Crippen molar-refractivity contribution in [1.29, 1.82) is 0 Å². The maximum atomic E-state index is 13.6. The van der Waals surface area contributed by atoms with E-state index in [4.69, 9.17) is 61.6 Å². The molecule has 4 aliphatic heterocycles. The third-order valence-corrected chi connectivity index (χ3v) is 19.6. The number of carbonyl (C=O) groups is 2. The number of allylic oxidation sites excluding steroid dienone is 1. The fourth-order valence-electron chi connectivity index (χ4n) is 14.6. The van der Waals surface area contributed by atoms with E-state index < -0.39 is 144 Å². The SMILES string of the molecule is CO[C@H]1C[C@H](O[C@@H]2[C@@H](C)O[C@@H](O[C@H]3[C@@H](OC)C[C@H](O[C@H]4[C@@H](OC)C[C@H](O[C@H]5CC[C@@]6(C)C(=CC[C@]7(O)[C@@H]6C[C@@H](OC(=O)/C=C(\C)C(C)C)[C@@]6(C)[C@]7(O)CC[C@@]6(O)C(C)=O)C5)O[C@@H]4C)O[C@@H]3C)C[C@H]2OC)O[C@H](C)[C@H]1O. The van der Waals surface area contributed by atoms with E-state index >= 15 is 0 Å². The van der Waals surface area contributed by atoms with Gasteiger partial charge in [0.05, 0.1) is 60.4 Å². The number of rotatable bonds is 16. The summed E-state index contributed by atoms with van der Waals surface area (Å²) in [6, 6.07) is 0. The summed E-state index contributed by atoms with van der Waals surface area (Å²) in [6.07, 6.45) is -2.49. The number of hydrogen-bond donors (Lipinski definition) is 4. The molecule has 0 spiro atoms. The molecule has 0 bridgehead atoms.